The Morgan fingerprint density at radius 2 is 2.18 bits per heavy atom. The Morgan fingerprint density at radius 3 is 2.94 bits per heavy atom. The Kier molecular flexibility index (Phi) is 3.93. The van der Waals surface area contributed by atoms with Gasteiger partial charge < -0.3 is 4.74 Å². The summed E-state index contributed by atoms with van der Waals surface area (Å²) in [5.41, 5.74) is -0.120. The van der Waals surface area contributed by atoms with E-state index in [9.17, 15) is 4.79 Å². The van der Waals surface area contributed by atoms with E-state index in [4.69, 9.17) is 4.74 Å². The van der Waals surface area contributed by atoms with Crippen molar-refractivity contribution in [3.05, 3.63) is 57.4 Å². The van der Waals surface area contributed by atoms with Gasteiger partial charge in [-0.25, -0.2) is 4.68 Å². The third-order valence-corrected chi connectivity index (χ3v) is 2.65. The molecule has 0 amide bonds. The van der Waals surface area contributed by atoms with Gasteiger partial charge in [-0.05, 0) is 24.3 Å². The maximum absolute atomic E-state index is 11.4. The molecule has 0 unspecified atom stereocenters. The standard InChI is InChI=1S/C12H11BrN2O2/c13-10-3-1-4-11(9-10)17-8-7-15-12(16)5-2-6-14-15/h1-6,9H,7-8H2. The summed E-state index contributed by atoms with van der Waals surface area (Å²) in [6.45, 7) is 0.847. The first-order valence-corrected chi connectivity index (χ1v) is 5.95. The molecule has 2 aromatic rings. The summed E-state index contributed by atoms with van der Waals surface area (Å²) in [5, 5.41) is 3.94. The second-order valence-electron chi connectivity index (χ2n) is 3.39. The molecule has 0 atom stereocenters. The highest BCUT2D eigenvalue weighted by molar-refractivity contribution is 9.10. The SMILES string of the molecule is O=c1cccnn1CCOc1cccc(Br)c1. The Morgan fingerprint density at radius 1 is 1.29 bits per heavy atom. The molecule has 0 fully saturated rings. The van der Waals surface area contributed by atoms with Crippen LogP contribution >= 0.6 is 15.9 Å². The first-order chi connectivity index (χ1) is 8.25. The zero-order chi connectivity index (χ0) is 12.1. The molecule has 0 saturated heterocycles. The third kappa shape index (κ3) is 3.42. The Hall–Kier alpha value is -1.62. The van der Waals surface area contributed by atoms with Gasteiger partial charge in [0.1, 0.15) is 12.4 Å². The van der Waals surface area contributed by atoms with Crippen molar-refractivity contribution >= 4 is 15.9 Å². The van der Waals surface area contributed by atoms with Crippen LogP contribution in [0.2, 0.25) is 0 Å². The van der Waals surface area contributed by atoms with Crippen molar-refractivity contribution in [3.63, 3.8) is 0 Å². The Labute approximate surface area is 107 Å². The summed E-state index contributed by atoms with van der Waals surface area (Å²) in [7, 11) is 0. The molecule has 88 valence electrons. The summed E-state index contributed by atoms with van der Waals surface area (Å²) in [4.78, 5) is 11.4. The van der Waals surface area contributed by atoms with E-state index in [-0.39, 0.29) is 5.56 Å². The summed E-state index contributed by atoms with van der Waals surface area (Å²) in [6, 6.07) is 10.7. The zero-order valence-corrected chi connectivity index (χ0v) is 10.6. The lowest BCUT2D eigenvalue weighted by atomic mass is 10.3. The number of hydrogen-bond donors (Lipinski definition) is 0. The van der Waals surface area contributed by atoms with Crippen LogP contribution in [-0.2, 0) is 6.54 Å². The fourth-order valence-corrected chi connectivity index (χ4v) is 1.74. The topological polar surface area (TPSA) is 44.1 Å². The Bertz CT molecular complexity index is 554. The van der Waals surface area contributed by atoms with Gasteiger partial charge in [0.05, 0.1) is 6.54 Å². The van der Waals surface area contributed by atoms with Crippen molar-refractivity contribution in [2.45, 2.75) is 6.54 Å². The predicted molar refractivity (Wildman–Crippen MR) is 68.1 cm³/mol. The quantitative estimate of drug-likeness (QED) is 0.867. The van der Waals surface area contributed by atoms with Crippen molar-refractivity contribution in [3.8, 4) is 5.75 Å². The van der Waals surface area contributed by atoms with Crippen LogP contribution in [0.5, 0.6) is 5.75 Å². The van der Waals surface area contributed by atoms with Crippen LogP contribution in [0.4, 0.5) is 0 Å². The van der Waals surface area contributed by atoms with Gasteiger partial charge in [-0.1, -0.05) is 22.0 Å². The second-order valence-corrected chi connectivity index (χ2v) is 4.31. The average molecular weight is 295 g/mol. The first kappa shape index (κ1) is 11.9. The molecule has 1 aromatic heterocycles. The molecule has 0 aliphatic heterocycles. The van der Waals surface area contributed by atoms with Crippen LogP contribution in [0.1, 0.15) is 0 Å². The maximum Gasteiger partial charge on any atom is 0.266 e. The smallest absolute Gasteiger partial charge is 0.266 e. The number of benzene rings is 1. The van der Waals surface area contributed by atoms with Gasteiger partial charge in [0, 0.05) is 16.7 Å². The van der Waals surface area contributed by atoms with Gasteiger partial charge >= 0.3 is 0 Å². The van der Waals surface area contributed by atoms with Gasteiger partial charge in [0.2, 0.25) is 0 Å². The maximum atomic E-state index is 11.4. The molecule has 0 spiro atoms. The van der Waals surface area contributed by atoms with Crippen LogP contribution in [0.15, 0.2) is 51.9 Å². The van der Waals surface area contributed by atoms with Crippen molar-refractivity contribution in [1.29, 1.82) is 0 Å². The van der Waals surface area contributed by atoms with Crippen LogP contribution in [0.3, 0.4) is 0 Å². The predicted octanol–water partition coefficient (Wildman–Crippen LogP) is 2.08. The van der Waals surface area contributed by atoms with Crippen LogP contribution in [-0.4, -0.2) is 16.4 Å². The molecule has 2 rings (SSSR count). The fraction of sp³-hybridized carbons (Fsp3) is 0.167. The Balaban J connectivity index is 1.92. The van der Waals surface area contributed by atoms with E-state index in [0.29, 0.717) is 13.2 Å². The van der Waals surface area contributed by atoms with E-state index in [2.05, 4.69) is 21.0 Å². The van der Waals surface area contributed by atoms with Gasteiger partial charge in [0.25, 0.3) is 5.56 Å². The van der Waals surface area contributed by atoms with Crippen molar-refractivity contribution in [2.24, 2.45) is 0 Å². The molecule has 1 heterocycles. The molecule has 1 aromatic carbocycles. The lowest BCUT2D eigenvalue weighted by Crippen LogP contribution is -2.24. The minimum Gasteiger partial charge on any atom is -0.492 e. The summed E-state index contributed by atoms with van der Waals surface area (Å²) in [6.07, 6.45) is 1.58. The van der Waals surface area contributed by atoms with Crippen molar-refractivity contribution in [1.82, 2.24) is 9.78 Å². The van der Waals surface area contributed by atoms with E-state index in [1.807, 2.05) is 24.3 Å². The van der Waals surface area contributed by atoms with Crippen LogP contribution in [0.25, 0.3) is 0 Å². The van der Waals surface area contributed by atoms with E-state index < -0.39 is 0 Å². The van der Waals surface area contributed by atoms with Gasteiger partial charge in [-0.2, -0.15) is 5.10 Å². The molecule has 5 heteroatoms. The number of ether oxygens (including phenoxy) is 1. The van der Waals surface area contributed by atoms with Crippen LogP contribution in [0, 0.1) is 0 Å². The molecule has 0 aliphatic carbocycles. The summed E-state index contributed by atoms with van der Waals surface area (Å²) in [5.74, 6) is 0.767. The molecule has 0 saturated carbocycles. The molecular weight excluding hydrogens is 284 g/mol. The number of rotatable bonds is 4. The monoisotopic (exact) mass is 294 g/mol. The van der Waals surface area contributed by atoms with E-state index in [1.165, 1.54) is 10.7 Å². The lowest BCUT2D eigenvalue weighted by Gasteiger charge is -2.07. The zero-order valence-electron chi connectivity index (χ0n) is 9.04. The van der Waals surface area contributed by atoms with Crippen LogP contribution < -0.4 is 10.3 Å². The highest BCUT2D eigenvalue weighted by atomic mass is 79.9. The molecule has 0 radical (unpaired) electrons. The molecular formula is C12H11BrN2O2. The highest BCUT2D eigenvalue weighted by Gasteiger charge is 1.97. The molecule has 4 nitrogen and oxygen atoms in total. The molecule has 17 heavy (non-hydrogen) atoms. The number of halogens is 1. The molecule has 0 bridgehead atoms. The highest BCUT2D eigenvalue weighted by Crippen LogP contribution is 2.17. The summed E-state index contributed by atoms with van der Waals surface area (Å²) >= 11 is 3.36. The lowest BCUT2D eigenvalue weighted by molar-refractivity contribution is 0.287. The van der Waals surface area contributed by atoms with E-state index in [0.717, 1.165) is 10.2 Å². The number of hydrogen-bond acceptors (Lipinski definition) is 3. The first-order valence-electron chi connectivity index (χ1n) is 5.16. The number of nitrogens with zero attached hydrogens (tertiary/aromatic N) is 2. The van der Waals surface area contributed by atoms with Gasteiger partial charge in [-0.15, -0.1) is 0 Å². The normalized spacial score (nSPS) is 10.2. The summed E-state index contributed by atoms with van der Waals surface area (Å²) < 4.78 is 7.85. The van der Waals surface area contributed by atoms with Crippen molar-refractivity contribution < 1.29 is 4.74 Å². The van der Waals surface area contributed by atoms with Gasteiger partial charge in [0.15, 0.2) is 0 Å². The average Bonchev–Trinajstić information content (AvgIpc) is 2.32. The van der Waals surface area contributed by atoms with E-state index in [1.54, 1.807) is 12.3 Å². The molecule has 0 aliphatic rings. The third-order valence-electron chi connectivity index (χ3n) is 2.15. The molecule has 0 N–H and O–H groups in total. The number of aromatic nitrogens is 2. The minimum atomic E-state index is -0.120. The van der Waals surface area contributed by atoms with E-state index >= 15 is 0 Å². The van der Waals surface area contributed by atoms with Crippen molar-refractivity contribution in [2.75, 3.05) is 6.61 Å². The minimum absolute atomic E-state index is 0.120. The largest absolute Gasteiger partial charge is 0.492 e. The fourth-order valence-electron chi connectivity index (χ4n) is 1.36. The van der Waals surface area contributed by atoms with Gasteiger partial charge in [-0.3, -0.25) is 4.79 Å². The second kappa shape index (κ2) is 5.63.